The van der Waals surface area contributed by atoms with Gasteiger partial charge in [0.2, 0.25) is 0 Å². The number of nitrogens with zero attached hydrogens (tertiary/aromatic N) is 3. The van der Waals surface area contributed by atoms with E-state index in [1.807, 2.05) is 0 Å². The van der Waals surface area contributed by atoms with Crippen molar-refractivity contribution in [1.82, 2.24) is 14.7 Å². The average molecular weight is 529 g/mol. The minimum Gasteiger partial charge on any atom is -0.480 e. The molecule has 0 N–H and O–H groups in total. The molecule has 2 heterocycles. The summed E-state index contributed by atoms with van der Waals surface area (Å²) in [6, 6.07) is 5.99. The Labute approximate surface area is 203 Å². The molecule has 2 aromatic carbocycles. The fourth-order valence-electron chi connectivity index (χ4n) is 3.65. The van der Waals surface area contributed by atoms with E-state index in [1.165, 1.54) is 18.0 Å². The molecule has 0 aliphatic carbocycles. The molecule has 1 atom stereocenters. The van der Waals surface area contributed by atoms with Crippen molar-refractivity contribution >= 4 is 15.7 Å². The smallest absolute Gasteiger partial charge is 0.425 e. The molecule has 1 unspecified atom stereocenters. The second kappa shape index (κ2) is 9.19. The number of carbonyl (C=O) groups excluding carboxylic acids is 1. The quantitative estimate of drug-likeness (QED) is 0.442. The highest BCUT2D eigenvalue weighted by Crippen LogP contribution is 2.32. The predicted molar refractivity (Wildman–Crippen MR) is 117 cm³/mol. The van der Waals surface area contributed by atoms with Crippen molar-refractivity contribution in [2.75, 3.05) is 5.75 Å². The molecule has 192 valence electrons. The molecule has 1 amide bonds. The topological polar surface area (TPSA) is 81.5 Å². The van der Waals surface area contributed by atoms with E-state index in [-0.39, 0.29) is 35.0 Å². The van der Waals surface area contributed by atoms with Crippen LogP contribution in [-0.2, 0) is 22.9 Å². The molecule has 7 nitrogen and oxygen atoms in total. The molecule has 0 radical (unpaired) electrons. The van der Waals surface area contributed by atoms with Crippen LogP contribution < -0.4 is 4.74 Å². The Bertz CT molecular complexity index is 1410. The van der Waals surface area contributed by atoms with Gasteiger partial charge in [0.25, 0.3) is 5.91 Å². The van der Waals surface area contributed by atoms with E-state index in [4.69, 9.17) is 4.74 Å². The highest BCUT2D eigenvalue weighted by atomic mass is 32.2. The van der Waals surface area contributed by atoms with Gasteiger partial charge >= 0.3 is 6.18 Å². The van der Waals surface area contributed by atoms with Crippen LogP contribution in [0.15, 0.2) is 47.5 Å². The van der Waals surface area contributed by atoms with Gasteiger partial charge in [0.1, 0.15) is 23.1 Å². The Morgan fingerprint density at radius 1 is 1.14 bits per heavy atom. The number of hydrogen-bond donors (Lipinski definition) is 0. The highest BCUT2D eigenvalue weighted by molar-refractivity contribution is 7.91. The molecule has 1 aliphatic heterocycles. The van der Waals surface area contributed by atoms with E-state index in [0.29, 0.717) is 11.3 Å². The van der Waals surface area contributed by atoms with E-state index in [0.717, 1.165) is 48.0 Å². The standard InChI is InChI=1S/C23H20F5N3O4S/c1-3-36(33,34)16-5-7-21(35-13(2)23(26,27)28)17(9-16)22(32)30-10-14-11-31(29-19(14)12-30)20-8-15(24)4-6-18(20)25/h4-9,11,13H,3,10,12H2,1-2H3. The van der Waals surface area contributed by atoms with Crippen molar-refractivity contribution in [2.45, 2.75) is 44.1 Å². The largest absolute Gasteiger partial charge is 0.480 e. The monoisotopic (exact) mass is 529 g/mol. The van der Waals surface area contributed by atoms with Gasteiger partial charge in [-0.2, -0.15) is 18.3 Å². The number of amides is 1. The molecule has 0 spiro atoms. The molecule has 0 saturated heterocycles. The van der Waals surface area contributed by atoms with Gasteiger partial charge in [0.05, 0.1) is 28.5 Å². The third-order valence-electron chi connectivity index (χ3n) is 5.71. The first-order chi connectivity index (χ1) is 16.8. The molecular formula is C23H20F5N3O4S. The first-order valence-electron chi connectivity index (χ1n) is 10.7. The van der Waals surface area contributed by atoms with Gasteiger partial charge < -0.3 is 9.64 Å². The summed E-state index contributed by atoms with van der Waals surface area (Å²) in [6.07, 6.45) is -5.55. The van der Waals surface area contributed by atoms with Gasteiger partial charge in [0.15, 0.2) is 15.9 Å². The molecule has 0 saturated carbocycles. The zero-order valence-electron chi connectivity index (χ0n) is 19.0. The van der Waals surface area contributed by atoms with E-state index >= 15 is 0 Å². The fourth-order valence-corrected chi connectivity index (χ4v) is 4.55. The number of hydrogen-bond acceptors (Lipinski definition) is 5. The van der Waals surface area contributed by atoms with Crippen LogP contribution in [0.4, 0.5) is 22.0 Å². The van der Waals surface area contributed by atoms with Crippen LogP contribution in [-0.4, -0.2) is 47.0 Å². The zero-order chi connectivity index (χ0) is 26.4. The Morgan fingerprint density at radius 2 is 1.86 bits per heavy atom. The van der Waals surface area contributed by atoms with Gasteiger partial charge in [0, 0.05) is 24.4 Å². The minimum absolute atomic E-state index is 0.0376. The lowest BCUT2D eigenvalue weighted by molar-refractivity contribution is -0.189. The average Bonchev–Trinajstić information content (AvgIpc) is 3.39. The van der Waals surface area contributed by atoms with Crippen LogP contribution in [0.3, 0.4) is 0 Å². The minimum atomic E-state index is -4.71. The highest BCUT2D eigenvalue weighted by Gasteiger charge is 2.39. The van der Waals surface area contributed by atoms with E-state index in [2.05, 4.69) is 5.10 Å². The van der Waals surface area contributed by atoms with E-state index in [1.54, 1.807) is 0 Å². The maximum Gasteiger partial charge on any atom is 0.425 e. The van der Waals surface area contributed by atoms with Gasteiger partial charge in [-0.25, -0.2) is 21.9 Å². The molecular weight excluding hydrogens is 509 g/mol. The summed E-state index contributed by atoms with van der Waals surface area (Å²) in [7, 11) is -3.77. The molecule has 0 fully saturated rings. The number of alkyl halides is 3. The van der Waals surface area contributed by atoms with Gasteiger partial charge in [-0.15, -0.1) is 0 Å². The normalized spacial score (nSPS) is 14.6. The van der Waals surface area contributed by atoms with Crippen LogP contribution >= 0.6 is 0 Å². The van der Waals surface area contributed by atoms with E-state index < -0.39 is 45.4 Å². The molecule has 13 heteroatoms. The number of halogens is 5. The Balaban J connectivity index is 1.64. The first-order valence-corrected chi connectivity index (χ1v) is 12.4. The molecule has 0 bridgehead atoms. The third kappa shape index (κ3) is 4.92. The third-order valence-corrected chi connectivity index (χ3v) is 7.44. The van der Waals surface area contributed by atoms with Crippen LogP contribution in [0.25, 0.3) is 5.69 Å². The predicted octanol–water partition coefficient (Wildman–Crippen LogP) is 4.43. The van der Waals surface area contributed by atoms with E-state index in [9.17, 15) is 35.2 Å². The summed E-state index contributed by atoms with van der Waals surface area (Å²) in [5.74, 6) is -2.84. The van der Waals surface area contributed by atoms with Gasteiger partial charge in [-0.05, 0) is 37.3 Å². The number of carbonyl (C=O) groups is 1. The lowest BCUT2D eigenvalue weighted by Crippen LogP contribution is -2.33. The maximum atomic E-state index is 14.1. The SMILES string of the molecule is CCS(=O)(=O)c1ccc(OC(C)C(F)(F)F)c(C(=O)N2Cc3cn(-c4cc(F)ccc4F)nc3C2)c1. The summed E-state index contributed by atoms with van der Waals surface area (Å²) in [5.41, 5.74) is 0.400. The second-order valence-electron chi connectivity index (χ2n) is 8.17. The number of aromatic nitrogens is 2. The van der Waals surface area contributed by atoms with Crippen molar-refractivity contribution < 1.29 is 39.9 Å². The molecule has 3 aromatic rings. The summed E-state index contributed by atoms with van der Waals surface area (Å²) >= 11 is 0. The lowest BCUT2D eigenvalue weighted by atomic mass is 10.1. The van der Waals surface area contributed by atoms with Crippen LogP contribution in [0.5, 0.6) is 5.75 Å². The van der Waals surface area contributed by atoms with Crippen molar-refractivity contribution in [2.24, 2.45) is 0 Å². The molecule has 36 heavy (non-hydrogen) atoms. The number of rotatable bonds is 6. The van der Waals surface area contributed by atoms with Crippen molar-refractivity contribution in [3.8, 4) is 11.4 Å². The van der Waals surface area contributed by atoms with Gasteiger partial charge in [-0.3, -0.25) is 4.79 Å². The van der Waals surface area contributed by atoms with Crippen molar-refractivity contribution in [3.63, 3.8) is 0 Å². The number of ether oxygens (including phenoxy) is 1. The molecule has 4 rings (SSSR count). The number of fused-ring (bicyclic) bond motifs is 1. The number of sulfone groups is 1. The van der Waals surface area contributed by atoms with Crippen LogP contribution in [0, 0.1) is 11.6 Å². The Hall–Kier alpha value is -3.48. The molecule has 1 aromatic heterocycles. The van der Waals surface area contributed by atoms with Gasteiger partial charge in [-0.1, -0.05) is 6.92 Å². The fraction of sp³-hybridized carbons (Fsp3) is 0.304. The van der Waals surface area contributed by atoms with Crippen molar-refractivity contribution in [1.29, 1.82) is 0 Å². The van der Waals surface area contributed by atoms with Crippen LogP contribution in [0.2, 0.25) is 0 Å². The first kappa shape index (κ1) is 25.6. The maximum absolute atomic E-state index is 14.1. The van der Waals surface area contributed by atoms with Crippen molar-refractivity contribution in [3.05, 3.63) is 71.1 Å². The summed E-state index contributed by atoms with van der Waals surface area (Å²) < 4.78 is 97.7. The Morgan fingerprint density at radius 3 is 2.50 bits per heavy atom. The second-order valence-corrected chi connectivity index (χ2v) is 10.4. The molecule has 1 aliphatic rings. The Kier molecular flexibility index (Phi) is 6.54. The zero-order valence-corrected chi connectivity index (χ0v) is 19.8. The lowest BCUT2D eigenvalue weighted by Gasteiger charge is -2.22. The van der Waals surface area contributed by atoms with Crippen LogP contribution in [0.1, 0.15) is 35.5 Å². The summed E-state index contributed by atoms with van der Waals surface area (Å²) in [5, 5.41) is 4.20. The summed E-state index contributed by atoms with van der Waals surface area (Å²) in [4.78, 5) is 14.3. The number of benzene rings is 2. The summed E-state index contributed by atoms with van der Waals surface area (Å²) in [6.45, 7) is 2.04.